The van der Waals surface area contributed by atoms with Crippen molar-refractivity contribution in [1.82, 2.24) is 0 Å². The van der Waals surface area contributed by atoms with Gasteiger partial charge in [0.2, 0.25) is 5.91 Å². The van der Waals surface area contributed by atoms with E-state index in [0.29, 0.717) is 29.2 Å². The lowest BCUT2D eigenvalue weighted by Crippen LogP contribution is -2.16. The number of ether oxygens (including phenoxy) is 1. The van der Waals surface area contributed by atoms with Crippen molar-refractivity contribution in [2.45, 2.75) is 6.42 Å². The molecule has 0 aliphatic carbocycles. The third kappa shape index (κ3) is 4.90. The summed E-state index contributed by atoms with van der Waals surface area (Å²) in [6, 6.07) is 14.2. The van der Waals surface area contributed by atoms with Crippen LogP contribution in [0.1, 0.15) is 12.0 Å². The standard InChI is InChI=1S/C17H16ClN3O2/c1-23-15-5-2-13(3-6-15)20-9-8-17(22)21-14-4-7-16(18)12(10-14)11-19/h2-7,10,20H,8-9H2,1H3,(H,21,22). The average molecular weight is 330 g/mol. The molecule has 0 saturated carbocycles. The lowest BCUT2D eigenvalue weighted by atomic mass is 10.2. The highest BCUT2D eigenvalue weighted by atomic mass is 35.5. The number of halogens is 1. The van der Waals surface area contributed by atoms with Crippen molar-refractivity contribution in [3.63, 3.8) is 0 Å². The van der Waals surface area contributed by atoms with E-state index in [4.69, 9.17) is 21.6 Å². The smallest absolute Gasteiger partial charge is 0.226 e. The first-order valence-corrected chi connectivity index (χ1v) is 7.37. The van der Waals surface area contributed by atoms with Crippen LogP contribution < -0.4 is 15.4 Å². The maximum atomic E-state index is 11.9. The summed E-state index contributed by atoms with van der Waals surface area (Å²) >= 11 is 5.85. The number of nitriles is 1. The summed E-state index contributed by atoms with van der Waals surface area (Å²) in [4.78, 5) is 11.9. The molecule has 2 aromatic rings. The second kappa shape index (κ2) is 8.06. The SMILES string of the molecule is COc1ccc(NCCC(=O)Nc2ccc(Cl)c(C#N)c2)cc1. The number of carbonyl (C=O) groups is 1. The van der Waals surface area contributed by atoms with Gasteiger partial charge in [0, 0.05) is 24.3 Å². The molecule has 5 nitrogen and oxygen atoms in total. The molecule has 118 valence electrons. The maximum absolute atomic E-state index is 11.9. The number of benzene rings is 2. The quantitative estimate of drug-likeness (QED) is 0.848. The Morgan fingerprint density at radius 3 is 2.57 bits per heavy atom. The first-order valence-electron chi connectivity index (χ1n) is 7.00. The molecule has 1 amide bonds. The van der Waals surface area contributed by atoms with Crippen LogP contribution in [0.25, 0.3) is 0 Å². The molecule has 0 unspecified atom stereocenters. The molecule has 0 saturated heterocycles. The predicted octanol–water partition coefficient (Wildman–Crippen LogP) is 3.66. The highest BCUT2D eigenvalue weighted by Crippen LogP contribution is 2.20. The molecular weight excluding hydrogens is 314 g/mol. The van der Waals surface area contributed by atoms with Crippen LogP contribution in [0.3, 0.4) is 0 Å². The zero-order valence-corrected chi connectivity index (χ0v) is 13.4. The van der Waals surface area contributed by atoms with Crippen molar-refractivity contribution in [3.05, 3.63) is 53.1 Å². The van der Waals surface area contributed by atoms with E-state index < -0.39 is 0 Å². The number of nitrogens with one attached hydrogen (secondary N) is 2. The van der Waals surface area contributed by atoms with Gasteiger partial charge in [0.25, 0.3) is 0 Å². The van der Waals surface area contributed by atoms with E-state index >= 15 is 0 Å². The van der Waals surface area contributed by atoms with E-state index in [1.165, 1.54) is 0 Å². The zero-order valence-electron chi connectivity index (χ0n) is 12.6. The van der Waals surface area contributed by atoms with Crippen LogP contribution in [0.2, 0.25) is 5.02 Å². The van der Waals surface area contributed by atoms with Crippen molar-refractivity contribution in [2.24, 2.45) is 0 Å². The van der Waals surface area contributed by atoms with Crippen LogP contribution in [0.15, 0.2) is 42.5 Å². The van der Waals surface area contributed by atoms with Crippen molar-refractivity contribution in [1.29, 1.82) is 5.26 Å². The van der Waals surface area contributed by atoms with Crippen molar-refractivity contribution in [3.8, 4) is 11.8 Å². The molecule has 2 rings (SSSR count). The monoisotopic (exact) mass is 329 g/mol. The lowest BCUT2D eigenvalue weighted by molar-refractivity contribution is -0.115. The third-order valence-corrected chi connectivity index (χ3v) is 3.47. The van der Waals surface area contributed by atoms with Crippen LogP contribution in [-0.4, -0.2) is 19.6 Å². The summed E-state index contributed by atoms with van der Waals surface area (Å²) in [6.07, 6.45) is 0.302. The second-order valence-electron chi connectivity index (χ2n) is 4.76. The van der Waals surface area contributed by atoms with E-state index in [9.17, 15) is 4.79 Å². The third-order valence-electron chi connectivity index (χ3n) is 3.14. The first kappa shape index (κ1) is 16.7. The highest BCUT2D eigenvalue weighted by molar-refractivity contribution is 6.31. The minimum atomic E-state index is -0.141. The van der Waals surface area contributed by atoms with Gasteiger partial charge >= 0.3 is 0 Å². The van der Waals surface area contributed by atoms with Crippen LogP contribution in [0.5, 0.6) is 5.75 Å². The molecule has 23 heavy (non-hydrogen) atoms. The Hall–Kier alpha value is -2.71. The highest BCUT2D eigenvalue weighted by Gasteiger charge is 2.05. The summed E-state index contributed by atoms with van der Waals surface area (Å²) in [5.74, 6) is 0.640. The summed E-state index contributed by atoms with van der Waals surface area (Å²) in [6.45, 7) is 0.497. The van der Waals surface area contributed by atoms with E-state index in [2.05, 4.69) is 10.6 Å². The van der Waals surface area contributed by atoms with Gasteiger partial charge in [-0.05, 0) is 42.5 Å². The normalized spacial score (nSPS) is 9.78. The number of carbonyl (C=O) groups excluding carboxylic acids is 1. The number of methoxy groups -OCH3 is 1. The van der Waals surface area contributed by atoms with Crippen molar-refractivity contribution < 1.29 is 9.53 Å². The first-order chi connectivity index (χ1) is 11.1. The molecule has 0 radical (unpaired) electrons. The van der Waals surface area contributed by atoms with Crippen LogP contribution >= 0.6 is 11.6 Å². The summed E-state index contributed by atoms with van der Waals surface area (Å²) in [5.41, 5.74) is 1.80. The molecule has 0 aliphatic rings. The Labute approximate surface area is 139 Å². The van der Waals surface area contributed by atoms with Crippen LogP contribution in [-0.2, 0) is 4.79 Å². The fraction of sp³-hybridized carbons (Fsp3) is 0.176. The predicted molar refractivity (Wildman–Crippen MR) is 90.9 cm³/mol. The Morgan fingerprint density at radius 2 is 1.91 bits per heavy atom. The Morgan fingerprint density at radius 1 is 1.22 bits per heavy atom. The fourth-order valence-electron chi connectivity index (χ4n) is 1.94. The lowest BCUT2D eigenvalue weighted by Gasteiger charge is -2.08. The summed E-state index contributed by atoms with van der Waals surface area (Å²) < 4.78 is 5.08. The summed E-state index contributed by atoms with van der Waals surface area (Å²) in [5, 5.41) is 15.2. The molecule has 2 N–H and O–H groups in total. The largest absolute Gasteiger partial charge is 0.497 e. The van der Waals surface area contributed by atoms with Gasteiger partial charge in [-0.2, -0.15) is 5.26 Å². The number of hydrogen-bond acceptors (Lipinski definition) is 4. The zero-order chi connectivity index (χ0) is 16.7. The van der Waals surface area contributed by atoms with Gasteiger partial charge in [-0.3, -0.25) is 4.79 Å². The number of rotatable bonds is 6. The van der Waals surface area contributed by atoms with E-state index in [0.717, 1.165) is 11.4 Å². The average Bonchev–Trinajstić information content (AvgIpc) is 2.57. The topological polar surface area (TPSA) is 74.2 Å². The Kier molecular flexibility index (Phi) is 5.84. The number of anilines is 2. The van der Waals surface area contributed by atoms with Gasteiger partial charge in [-0.15, -0.1) is 0 Å². The van der Waals surface area contributed by atoms with Gasteiger partial charge in [0.05, 0.1) is 17.7 Å². The Balaban J connectivity index is 1.82. The molecule has 0 aromatic heterocycles. The van der Waals surface area contributed by atoms with E-state index in [-0.39, 0.29) is 5.91 Å². The van der Waals surface area contributed by atoms with Gasteiger partial charge < -0.3 is 15.4 Å². The maximum Gasteiger partial charge on any atom is 0.226 e. The molecule has 0 aliphatic heterocycles. The minimum Gasteiger partial charge on any atom is -0.497 e. The second-order valence-corrected chi connectivity index (χ2v) is 5.17. The molecule has 0 spiro atoms. The molecule has 6 heteroatoms. The fourth-order valence-corrected chi connectivity index (χ4v) is 2.10. The molecule has 0 bridgehead atoms. The van der Waals surface area contributed by atoms with Crippen molar-refractivity contribution in [2.75, 3.05) is 24.3 Å². The molecule has 0 heterocycles. The molecular formula is C17H16ClN3O2. The molecule has 2 aromatic carbocycles. The number of hydrogen-bond donors (Lipinski definition) is 2. The van der Waals surface area contributed by atoms with E-state index in [1.807, 2.05) is 30.3 Å². The van der Waals surface area contributed by atoms with Gasteiger partial charge in [-0.1, -0.05) is 11.6 Å². The van der Waals surface area contributed by atoms with E-state index in [1.54, 1.807) is 25.3 Å². The minimum absolute atomic E-state index is 0.141. The molecule has 0 atom stereocenters. The summed E-state index contributed by atoms with van der Waals surface area (Å²) in [7, 11) is 1.61. The van der Waals surface area contributed by atoms with Crippen LogP contribution in [0, 0.1) is 11.3 Å². The van der Waals surface area contributed by atoms with Crippen LogP contribution in [0.4, 0.5) is 11.4 Å². The number of amides is 1. The van der Waals surface area contributed by atoms with Gasteiger partial charge in [0.1, 0.15) is 11.8 Å². The molecule has 0 fully saturated rings. The number of nitrogens with zero attached hydrogens (tertiary/aromatic N) is 1. The van der Waals surface area contributed by atoms with Crippen molar-refractivity contribution >= 4 is 28.9 Å². The van der Waals surface area contributed by atoms with Gasteiger partial charge in [0.15, 0.2) is 0 Å². The Bertz CT molecular complexity index is 724. The van der Waals surface area contributed by atoms with Gasteiger partial charge in [-0.25, -0.2) is 0 Å².